The van der Waals surface area contributed by atoms with Gasteiger partial charge in [-0.05, 0) is 43.0 Å². The van der Waals surface area contributed by atoms with Gasteiger partial charge in [-0.25, -0.2) is 0 Å². The monoisotopic (exact) mass is 542 g/mol. The summed E-state index contributed by atoms with van der Waals surface area (Å²) < 4.78 is 80.6. The highest BCUT2D eigenvalue weighted by atomic mass is 19.4. The third-order valence-corrected chi connectivity index (χ3v) is 7.47. The van der Waals surface area contributed by atoms with E-state index in [0.717, 1.165) is 38.3 Å². The van der Waals surface area contributed by atoms with E-state index in [1.807, 2.05) is 30.3 Å². The van der Waals surface area contributed by atoms with Gasteiger partial charge in [0.05, 0.1) is 11.1 Å². The molecule has 0 aromatic heterocycles. The van der Waals surface area contributed by atoms with Crippen molar-refractivity contribution in [3.63, 3.8) is 0 Å². The van der Waals surface area contributed by atoms with Crippen LogP contribution in [0.4, 0.5) is 26.3 Å². The first-order chi connectivity index (χ1) is 18.0. The van der Waals surface area contributed by atoms with Crippen LogP contribution in [-0.4, -0.2) is 78.5 Å². The minimum Gasteiger partial charge on any atom is -0.335 e. The third kappa shape index (κ3) is 6.86. The van der Waals surface area contributed by atoms with E-state index in [1.54, 1.807) is 0 Å². The van der Waals surface area contributed by atoms with Gasteiger partial charge in [0, 0.05) is 63.5 Å². The second-order valence-corrected chi connectivity index (χ2v) is 9.98. The van der Waals surface area contributed by atoms with Crippen molar-refractivity contribution in [2.45, 2.75) is 43.7 Å². The van der Waals surface area contributed by atoms with Crippen molar-refractivity contribution in [2.75, 3.05) is 45.8 Å². The Morgan fingerprint density at radius 2 is 1.47 bits per heavy atom. The van der Waals surface area contributed by atoms with Crippen LogP contribution in [0.25, 0.3) is 0 Å². The van der Waals surface area contributed by atoms with Crippen molar-refractivity contribution in [3.05, 3.63) is 70.8 Å². The predicted molar refractivity (Wildman–Crippen MR) is 132 cm³/mol. The van der Waals surface area contributed by atoms with E-state index < -0.39 is 35.0 Å². The van der Waals surface area contributed by atoms with Crippen LogP contribution in [0.5, 0.6) is 0 Å². The van der Waals surface area contributed by atoms with Crippen LogP contribution in [0.15, 0.2) is 48.5 Å². The topological polar surface area (TPSA) is 52.8 Å². The third-order valence-electron chi connectivity index (χ3n) is 7.47. The van der Waals surface area contributed by atoms with Crippen LogP contribution in [0, 0.1) is 0 Å². The summed E-state index contributed by atoms with van der Waals surface area (Å²) in [5.74, 6) is -0.811. The van der Waals surface area contributed by atoms with Crippen molar-refractivity contribution >= 4 is 5.91 Å². The minimum absolute atomic E-state index is 0.0504. The van der Waals surface area contributed by atoms with Gasteiger partial charge in [0.2, 0.25) is 0 Å². The zero-order valence-electron chi connectivity index (χ0n) is 20.9. The van der Waals surface area contributed by atoms with E-state index in [9.17, 15) is 31.1 Å². The number of benzene rings is 2. The standard InChI is InChI=1S/C27H32F6N4O/c28-26(29,30)21-15-20(16-22(17-21)27(31,32)33)25(38)37-8-6-23(36-12-10-35(9-7-34)11-13-36)18-24(37)14-19-4-2-1-3-5-19/h1-5,15-17,23-24H,6-14,18,34H2/t23-,24-/m0/s1. The number of rotatable bonds is 6. The molecule has 0 unspecified atom stereocenters. The fourth-order valence-electron chi connectivity index (χ4n) is 5.49. The van der Waals surface area contributed by atoms with Gasteiger partial charge in [-0.15, -0.1) is 0 Å². The number of halogens is 6. The fraction of sp³-hybridized carbons (Fsp3) is 0.519. The molecule has 0 bridgehead atoms. The van der Waals surface area contributed by atoms with E-state index in [2.05, 4.69) is 9.80 Å². The molecule has 2 atom stereocenters. The number of carbonyl (C=O) groups is 1. The molecule has 2 aliphatic rings. The maximum Gasteiger partial charge on any atom is 0.416 e. The number of alkyl halides is 6. The molecule has 5 nitrogen and oxygen atoms in total. The summed E-state index contributed by atoms with van der Waals surface area (Å²) in [6.45, 7) is 5.12. The Hall–Kier alpha value is -2.63. The average Bonchev–Trinajstić information content (AvgIpc) is 2.88. The van der Waals surface area contributed by atoms with Gasteiger partial charge in [0.25, 0.3) is 5.91 Å². The Kier molecular flexibility index (Phi) is 8.68. The molecular formula is C27H32F6N4O. The molecule has 38 heavy (non-hydrogen) atoms. The van der Waals surface area contributed by atoms with Crippen molar-refractivity contribution in [2.24, 2.45) is 5.73 Å². The van der Waals surface area contributed by atoms with Gasteiger partial charge in [-0.1, -0.05) is 30.3 Å². The Labute approximate surface area is 218 Å². The van der Waals surface area contributed by atoms with Crippen molar-refractivity contribution in [3.8, 4) is 0 Å². The van der Waals surface area contributed by atoms with E-state index in [-0.39, 0.29) is 24.7 Å². The molecule has 2 aliphatic heterocycles. The van der Waals surface area contributed by atoms with Gasteiger partial charge >= 0.3 is 12.4 Å². The van der Waals surface area contributed by atoms with Crippen molar-refractivity contribution < 1.29 is 31.1 Å². The molecular weight excluding hydrogens is 510 g/mol. The molecule has 208 valence electrons. The number of hydrogen-bond acceptors (Lipinski definition) is 4. The van der Waals surface area contributed by atoms with Gasteiger partial charge in [-0.3, -0.25) is 14.6 Å². The lowest BCUT2D eigenvalue weighted by Gasteiger charge is -2.46. The normalized spacial score (nSPS) is 22.0. The quantitative estimate of drug-likeness (QED) is 0.546. The van der Waals surface area contributed by atoms with Gasteiger partial charge in [0.15, 0.2) is 0 Å². The molecule has 4 rings (SSSR count). The van der Waals surface area contributed by atoms with E-state index in [1.165, 1.54) is 4.90 Å². The Morgan fingerprint density at radius 3 is 2.03 bits per heavy atom. The Balaban J connectivity index is 1.59. The zero-order chi connectivity index (χ0) is 27.5. The van der Waals surface area contributed by atoms with Crippen molar-refractivity contribution in [1.82, 2.24) is 14.7 Å². The summed E-state index contributed by atoms with van der Waals surface area (Å²) in [6.07, 6.45) is -8.39. The van der Waals surface area contributed by atoms with Crippen LogP contribution in [-0.2, 0) is 18.8 Å². The van der Waals surface area contributed by atoms with Gasteiger partial charge < -0.3 is 10.6 Å². The lowest BCUT2D eigenvalue weighted by molar-refractivity contribution is -0.143. The molecule has 1 amide bonds. The average molecular weight is 543 g/mol. The minimum atomic E-state index is -5.02. The summed E-state index contributed by atoms with van der Waals surface area (Å²) in [6, 6.07) is 10.3. The largest absolute Gasteiger partial charge is 0.416 e. The summed E-state index contributed by atoms with van der Waals surface area (Å²) in [4.78, 5) is 19.6. The molecule has 0 radical (unpaired) electrons. The SMILES string of the molecule is NCCN1CCN([C@H]2CCN(C(=O)c3cc(C(F)(F)F)cc(C(F)(F)F)c3)[C@@H](Cc3ccccc3)C2)CC1. The molecule has 2 fully saturated rings. The first-order valence-electron chi connectivity index (χ1n) is 12.8. The van der Waals surface area contributed by atoms with Crippen LogP contribution >= 0.6 is 0 Å². The van der Waals surface area contributed by atoms with Crippen LogP contribution in [0.1, 0.15) is 39.9 Å². The smallest absolute Gasteiger partial charge is 0.335 e. The van der Waals surface area contributed by atoms with Crippen LogP contribution < -0.4 is 5.73 Å². The van der Waals surface area contributed by atoms with E-state index >= 15 is 0 Å². The van der Waals surface area contributed by atoms with Gasteiger partial charge in [0.1, 0.15) is 0 Å². The number of nitrogens with two attached hydrogens (primary N) is 1. The first kappa shape index (κ1) is 28.4. The highest BCUT2D eigenvalue weighted by Crippen LogP contribution is 2.37. The summed E-state index contributed by atoms with van der Waals surface area (Å²) in [5.41, 5.74) is 3.05. The number of carbonyl (C=O) groups excluding carboxylic acids is 1. The number of piperazine rings is 1. The zero-order valence-corrected chi connectivity index (χ0v) is 20.9. The molecule has 0 saturated carbocycles. The molecule has 2 saturated heterocycles. The second kappa shape index (κ2) is 11.6. The lowest BCUT2D eigenvalue weighted by Crippen LogP contribution is -2.57. The van der Waals surface area contributed by atoms with E-state index in [4.69, 9.17) is 5.73 Å². The molecule has 2 heterocycles. The molecule has 2 N–H and O–H groups in total. The Morgan fingerprint density at radius 1 is 0.868 bits per heavy atom. The molecule has 2 aromatic carbocycles. The maximum absolute atomic E-state index is 13.5. The molecule has 0 aliphatic carbocycles. The number of hydrogen-bond donors (Lipinski definition) is 1. The Bertz CT molecular complexity index is 1050. The van der Waals surface area contributed by atoms with Crippen LogP contribution in [0.3, 0.4) is 0 Å². The molecule has 2 aromatic rings. The summed E-state index contributed by atoms with van der Waals surface area (Å²) in [7, 11) is 0. The molecule has 0 spiro atoms. The van der Waals surface area contributed by atoms with Crippen LogP contribution in [0.2, 0.25) is 0 Å². The summed E-state index contributed by atoms with van der Waals surface area (Å²) >= 11 is 0. The highest BCUT2D eigenvalue weighted by molar-refractivity contribution is 5.95. The van der Waals surface area contributed by atoms with Gasteiger partial charge in [-0.2, -0.15) is 26.3 Å². The lowest BCUT2D eigenvalue weighted by atomic mass is 9.90. The van der Waals surface area contributed by atoms with Crippen molar-refractivity contribution in [1.29, 1.82) is 0 Å². The number of likely N-dealkylation sites (tertiary alicyclic amines) is 1. The second-order valence-electron chi connectivity index (χ2n) is 9.98. The predicted octanol–water partition coefficient (Wildman–Crippen LogP) is 4.52. The fourth-order valence-corrected chi connectivity index (χ4v) is 5.49. The maximum atomic E-state index is 13.5. The molecule has 11 heteroatoms. The number of amides is 1. The first-order valence-corrected chi connectivity index (χ1v) is 12.8. The summed E-state index contributed by atoms with van der Waals surface area (Å²) in [5, 5.41) is 0. The number of piperidine rings is 1. The number of nitrogens with zero attached hydrogens (tertiary/aromatic N) is 3. The van der Waals surface area contributed by atoms with E-state index in [0.29, 0.717) is 37.9 Å². The highest BCUT2D eigenvalue weighted by Gasteiger charge is 2.40.